The van der Waals surface area contributed by atoms with Crippen LogP contribution in [-0.2, 0) is 0 Å². The summed E-state index contributed by atoms with van der Waals surface area (Å²) in [6.07, 6.45) is 9.25. The van der Waals surface area contributed by atoms with Crippen LogP contribution in [0.15, 0.2) is 42.6 Å². The van der Waals surface area contributed by atoms with Gasteiger partial charge in [0.1, 0.15) is 11.6 Å². The molecule has 0 saturated heterocycles. The Morgan fingerprint density at radius 3 is 2.48 bits per heavy atom. The summed E-state index contributed by atoms with van der Waals surface area (Å²) >= 11 is 0. The molecule has 1 aromatic heterocycles. The summed E-state index contributed by atoms with van der Waals surface area (Å²) < 4.78 is 5.76. The van der Waals surface area contributed by atoms with E-state index in [-0.39, 0.29) is 12.0 Å². The van der Waals surface area contributed by atoms with Gasteiger partial charge >= 0.3 is 0 Å². The summed E-state index contributed by atoms with van der Waals surface area (Å²) in [5.41, 5.74) is 1.19. The van der Waals surface area contributed by atoms with Gasteiger partial charge in [-0.2, -0.15) is 0 Å². The second kappa shape index (κ2) is 9.40. The van der Waals surface area contributed by atoms with Crippen LogP contribution in [0.25, 0.3) is 0 Å². The van der Waals surface area contributed by atoms with Gasteiger partial charge in [-0.05, 0) is 51.0 Å². The van der Waals surface area contributed by atoms with Crippen molar-refractivity contribution in [3.8, 4) is 5.75 Å². The molecule has 1 aromatic carbocycles. The van der Waals surface area contributed by atoms with E-state index in [0.717, 1.165) is 5.82 Å². The Balaban J connectivity index is 1.62. The Morgan fingerprint density at radius 1 is 1.07 bits per heavy atom. The molecule has 1 aliphatic carbocycles. The van der Waals surface area contributed by atoms with Gasteiger partial charge < -0.3 is 15.4 Å². The Hall–Kier alpha value is -2.56. The largest absolute Gasteiger partial charge is 0.489 e. The van der Waals surface area contributed by atoms with Gasteiger partial charge in [0.15, 0.2) is 0 Å². The van der Waals surface area contributed by atoms with E-state index in [1.807, 2.05) is 50.2 Å². The first-order valence-corrected chi connectivity index (χ1v) is 9.91. The topological polar surface area (TPSA) is 63.2 Å². The van der Waals surface area contributed by atoms with Crippen LogP contribution >= 0.6 is 0 Å². The maximum absolute atomic E-state index is 12.6. The number of nitrogens with zero attached hydrogens (tertiary/aromatic N) is 1. The van der Waals surface area contributed by atoms with Crippen molar-refractivity contribution < 1.29 is 9.53 Å². The molecule has 144 valence electrons. The van der Waals surface area contributed by atoms with Gasteiger partial charge in [-0.15, -0.1) is 0 Å². The van der Waals surface area contributed by atoms with Crippen molar-refractivity contribution in [3.05, 3.63) is 48.2 Å². The van der Waals surface area contributed by atoms with Gasteiger partial charge in [-0.1, -0.05) is 37.8 Å². The predicted octanol–water partition coefficient (Wildman–Crippen LogP) is 5.26. The van der Waals surface area contributed by atoms with Crippen molar-refractivity contribution in [3.63, 3.8) is 0 Å². The molecule has 1 fully saturated rings. The van der Waals surface area contributed by atoms with E-state index < -0.39 is 0 Å². The SMILES string of the molecule is CC(C)Oc1ccccc1NC(=O)c1ccc(NC2CCCCCC2)nc1. The molecule has 1 saturated carbocycles. The average Bonchev–Trinajstić information content (AvgIpc) is 2.92. The fraction of sp³-hybridized carbons (Fsp3) is 0.455. The summed E-state index contributed by atoms with van der Waals surface area (Å²) in [6.45, 7) is 3.92. The molecule has 5 nitrogen and oxygen atoms in total. The molecule has 1 amide bonds. The third kappa shape index (κ3) is 5.71. The molecule has 1 heterocycles. The minimum Gasteiger partial charge on any atom is -0.489 e. The minimum atomic E-state index is -0.191. The Labute approximate surface area is 161 Å². The van der Waals surface area contributed by atoms with Crippen LogP contribution in [0.3, 0.4) is 0 Å². The zero-order valence-electron chi connectivity index (χ0n) is 16.2. The molecule has 0 radical (unpaired) electrons. The van der Waals surface area contributed by atoms with E-state index in [9.17, 15) is 4.79 Å². The molecule has 2 aromatic rings. The molecular formula is C22H29N3O2. The van der Waals surface area contributed by atoms with Gasteiger partial charge in [0.2, 0.25) is 0 Å². The third-order valence-electron chi connectivity index (χ3n) is 4.73. The molecule has 0 atom stereocenters. The lowest BCUT2D eigenvalue weighted by atomic mass is 10.1. The number of hydrogen-bond acceptors (Lipinski definition) is 4. The van der Waals surface area contributed by atoms with Crippen LogP contribution in [-0.4, -0.2) is 23.0 Å². The van der Waals surface area contributed by atoms with Crippen LogP contribution in [0.1, 0.15) is 62.7 Å². The average molecular weight is 367 g/mol. The monoisotopic (exact) mass is 367 g/mol. The predicted molar refractivity (Wildman–Crippen MR) is 110 cm³/mol. The van der Waals surface area contributed by atoms with Crippen LogP contribution in [0, 0.1) is 0 Å². The molecule has 3 rings (SSSR count). The normalized spacial score (nSPS) is 15.2. The first-order valence-electron chi connectivity index (χ1n) is 9.91. The number of amides is 1. The number of carbonyl (C=O) groups is 1. The lowest BCUT2D eigenvalue weighted by Crippen LogP contribution is -2.19. The molecule has 5 heteroatoms. The highest BCUT2D eigenvalue weighted by molar-refractivity contribution is 6.04. The van der Waals surface area contributed by atoms with Gasteiger partial charge in [-0.25, -0.2) is 4.98 Å². The van der Waals surface area contributed by atoms with E-state index in [1.54, 1.807) is 6.20 Å². The molecule has 2 N–H and O–H groups in total. The van der Waals surface area contributed by atoms with Crippen LogP contribution in [0.5, 0.6) is 5.75 Å². The first-order chi connectivity index (χ1) is 13.1. The molecule has 0 spiro atoms. The van der Waals surface area contributed by atoms with Crippen LogP contribution < -0.4 is 15.4 Å². The lowest BCUT2D eigenvalue weighted by molar-refractivity contribution is 0.102. The fourth-order valence-electron chi connectivity index (χ4n) is 3.37. The first kappa shape index (κ1) is 19.2. The van der Waals surface area contributed by atoms with E-state index >= 15 is 0 Å². The number of aromatic nitrogens is 1. The van der Waals surface area contributed by atoms with Gasteiger partial charge in [0.25, 0.3) is 5.91 Å². The summed E-state index contributed by atoms with van der Waals surface area (Å²) in [5, 5.41) is 6.42. The standard InChI is InChI=1S/C22H29N3O2/c1-16(2)27-20-12-8-7-11-19(20)25-22(26)17-13-14-21(23-15-17)24-18-9-5-3-4-6-10-18/h7-8,11-16,18H,3-6,9-10H2,1-2H3,(H,23,24)(H,25,26). The van der Waals surface area contributed by atoms with Gasteiger partial charge in [0.05, 0.1) is 17.4 Å². The van der Waals surface area contributed by atoms with Gasteiger partial charge in [0, 0.05) is 12.2 Å². The number of rotatable bonds is 6. The molecule has 0 bridgehead atoms. The molecule has 27 heavy (non-hydrogen) atoms. The van der Waals surface area contributed by atoms with Crippen molar-refractivity contribution in [2.24, 2.45) is 0 Å². The molecule has 1 aliphatic rings. The number of hydrogen-bond donors (Lipinski definition) is 2. The highest BCUT2D eigenvalue weighted by Gasteiger charge is 2.14. The number of pyridine rings is 1. The smallest absolute Gasteiger partial charge is 0.257 e. The van der Waals surface area contributed by atoms with Crippen molar-refractivity contribution in [1.82, 2.24) is 4.98 Å². The Bertz CT molecular complexity index is 735. The molecular weight excluding hydrogens is 338 g/mol. The number of anilines is 2. The third-order valence-corrected chi connectivity index (χ3v) is 4.73. The number of ether oxygens (including phenoxy) is 1. The maximum Gasteiger partial charge on any atom is 0.257 e. The second-order valence-corrected chi connectivity index (χ2v) is 7.38. The lowest BCUT2D eigenvalue weighted by Gasteiger charge is -2.17. The highest BCUT2D eigenvalue weighted by Crippen LogP contribution is 2.25. The summed E-state index contributed by atoms with van der Waals surface area (Å²) in [5.74, 6) is 1.31. The molecule has 0 unspecified atom stereocenters. The van der Waals surface area contributed by atoms with Crippen LogP contribution in [0.2, 0.25) is 0 Å². The minimum absolute atomic E-state index is 0.0408. The maximum atomic E-state index is 12.6. The summed E-state index contributed by atoms with van der Waals surface area (Å²) in [4.78, 5) is 17.0. The Kier molecular flexibility index (Phi) is 6.69. The van der Waals surface area contributed by atoms with Gasteiger partial charge in [-0.3, -0.25) is 4.79 Å². The quantitative estimate of drug-likeness (QED) is 0.684. The number of para-hydroxylation sites is 2. The zero-order valence-corrected chi connectivity index (χ0v) is 16.2. The van der Waals surface area contributed by atoms with Crippen molar-refractivity contribution in [1.29, 1.82) is 0 Å². The zero-order chi connectivity index (χ0) is 19.1. The van der Waals surface area contributed by atoms with E-state index in [4.69, 9.17) is 4.74 Å². The fourth-order valence-corrected chi connectivity index (χ4v) is 3.37. The van der Waals surface area contributed by atoms with Crippen LogP contribution in [0.4, 0.5) is 11.5 Å². The number of benzene rings is 1. The van der Waals surface area contributed by atoms with Crippen molar-refractivity contribution in [2.45, 2.75) is 64.5 Å². The second-order valence-electron chi connectivity index (χ2n) is 7.38. The summed E-state index contributed by atoms with van der Waals surface area (Å²) in [6, 6.07) is 11.6. The number of nitrogens with one attached hydrogen (secondary N) is 2. The van der Waals surface area contributed by atoms with Crippen molar-refractivity contribution >= 4 is 17.4 Å². The van der Waals surface area contributed by atoms with E-state index in [1.165, 1.54) is 38.5 Å². The highest BCUT2D eigenvalue weighted by atomic mass is 16.5. The van der Waals surface area contributed by atoms with Crippen molar-refractivity contribution in [2.75, 3.05) is 10.6 Å². The Morgan fingerprint density at radius 2 is 1.81 bits per heavy atom. The number of carbonyl (C=O) groups excluding carboxylic acids is 1. The molecule has 0 aliphatic heterocycles. The summed E-state index contributed by atoms with van der Waals surface area (Å²) in [7, 11) is 0. The van der Waals surface area contributed by atoms with E-state index in [0.29, 0.717) is 23.0 Å². The van der Waals surface area contributed by atoms with E-state index in [2.05, 4.69) is 15.6 Å².